The van der Waals surface area contributed by atoms with Crippen LogP contribution in [-0.2, 0) is 10.2 Å². The van der Waals surface area contributed by atoms with Crippen LogP contribution in [0.1, 0.15) is 62.3 Å². The zero-order valence-electron chi connectivity index (χ0n) is 27.2. The summed E-state index contributed by atoms with van der Waals surface area (Å²) in [4.78, 5) is 49.1. The molecule has 3 aromatic rings. The smallest absolute Gasteiger partial charge is 0.326 e. The van der Waals surface area contributed by atoms with E-state index in [9.17, 15) is 9.59 Å². The molecule has 5 rings (SSSR count). The van der Waals surface area contributed by atoms with Gasteiger partial charge in [0.05, 0.1) is 24.8 Å². The minimum Gasteiger partial charge on any atom is -0.477 e. The molecule has 1 saturated heterocycles. The molecule has 0 spiro atoms. The lowest BCUT2D eigenvalue weighted by Crippen LogP contribution is -2.55. The van der Waals surface area contributed by atoms with Crippen LogP contribution >= 0.6 is 23.2 Å². The van der Waals surface area contributed by atoms with Crippen molar-refractivity contribution < 1.29 is 14.3 Å². The topological polar surface area (TPSA) is 94.5 Å². The van der Waals surface area contributed by atoms with E-state index in [0.717, 1.165) is 11.1 Å². The van der Waals surface area contributed by atoms with Crippen molar-refractivity contribution in [2.75, 3.05) is 53.4 Å². The molecular formula is C34H41Cl2N7O3. The minimum absolute atomic E-state index is 0.0319. The molecule has 3 heterocycles. The SMILES string of the molecule is CCOc1nc(C(C)(C)C)ncc1C1=N[C@H](c2ccc(Cl)cc2)[C@H](c2ccc(Cl)cc2)N1C(=O)N1CCN(CC(=O)N(C)C)CC1. The van der Waals surface area contributed by atoms with Crippen LogP contribution in [0.3, 0.4) is 0 Å². The van der Waals surface area contributed by atoms with Gasteiger partial charge in [-0.15, -0.1) is 0 Å². The summed E-state index contributed by atoms with van der Waals surface area (Å²) in [6.07, 6.45) is 1.71. The van der Waals surface area contributed by atoms with Gasteiger partial charge < -0.3 is 14.5 Å². The molecule has 1 fully saturated rings. The predicted molar refractivity (Wildman–Crippen MR) is 181 cm³/mol. The van der Waals surface area contributed by atoms with Crippen molar-refractivity contribution in [3.8, 4) is 5.88 Å². The highest BCUT2D eigenvalue weighted by Gasteiger charge is 2.45. The lowest BCUT2D eigenvalue weighted by Gasteiger charge is -2.39. The standard InChI is InChI=1S/C34H41Cl2N7O3/c1-7-46-31-26(20-37-32(39-31)34(2,3)4)30-38-28(22-8-12-24(35)13-9-22)29(23-10-14-25(36)15-11-23)43(30)33(45)42-18-16-41(17-19-42)21-27(44)40(5)6/h8-15,20,28-29H,7,16-19,21H2,1-6H3/t28-,29+/m1/s1. The molecule has 0 N–H and O–H groups in total. The normalized spacial score (nSPS) is 18.8. The number of halogens is 2. The molecule has 0 unspecified atom stereocenters. The number of rotatable bonds is 7. The minimum atomic E-state index is -0.508. The Labute approximate surface area is 281 Å². The molecule has 2 aromatic carbocycles. The van der Waals surface area contributed by atoms with Gasteiger partial charge >= 0.3 is 6.03 Å². The molecule has 2 aliphatic rings. The van der Waals surface area contributed by atoms with Gasteiger partial charge in [0.1, 0.15) is 17.7 Å². The molecule has 2 atom stereocenters. The Kier molecular flexibility index (Phi) is 10.2. The summed E-state index contributed by atoms with van der Waals surface area (Å²) in [5.41, 5.74) is 1.99. The Hall–Kier alpha value is -3.73. The second-order valence-corrected chi connectivity index (χ2v) is 13.6. The third-order valence-corrected chi connectivity index (χ3v) is 8.65. The highest BCUT2D eigenvalue weighted by atomic mass is 35.5. The first kappa shape index (κ1) is 33.6. The van der Waals surface area contributed by atoms with Gasteiger partial charge in [0.15, 0.2) is 0 Å². The number of nitrogens with zero attached hydrogens (tertiary/aromatic N) is 7. The van der Waals surface area contributed by atoms with Gasteiger partial charge in [0, 0.05) is 61.9 Å². The second-order valence-electron chi connectivity index (χ2n) is 12.7. The number of carbonyl (C=O) groups is 2. The molecule has 12 heteroatoms. The van der Waals surface area contributed by atoms with E-state index in [2.05, 4.69) is 4.90 Å². The number of piperazine rings is 1. The fourth-order valence-corrected chi connectivity index (χ4v) is 5.82. The van der Waals surface area contributed by atoms with Crippen molar-refractivity contribution >= 4 is 41.0 Å². The zero-order valence-corrected chi connectivity index (χ0v) is 28.7. The Bertz CT molecular complexity index is 1580. The number of carbonyl (C=O) groups excluding carboxylic acids is 2. The lowest BCUT2D eigenvalue weighted by atomic mass is 9.93. The van der Waals surface area contributed by atoms with Crippen LogP contribution in [0.2, 0.25) is 10.0 Å². The largest absolute Gasteiger partial charge is 0.477 e. The number of ether oxygens (including phenoxy) is 1. The van der Waals surface area contributed by atoms with Crippen LogP contribution in [0, 0.1) is 0 Å². The summed E-state index contributed by atoms with van der Waals surface area (Å²) in [6, 6.07) is 13.9. The van der Waals surface area contributed by atoms with Gasteiger partial charge in [0.2, 0.25) is 11.8 Å². The molecule has 1 aromatic heterocycles. The average Bonchev–Trinajstić information content (AvgIpc) is 3.41. The van der Waals surface area contributed by atoms with E-state index >= 15 is 0 Å². The predicted octanol–water partition coefficient (Wildman–Crippen LogP) is 5.85. The van der Waals surface area contributed by atoms with E-state index in [1.165, 1.54) is 0 Å². The van der Waals surface area contributed by atoms with E-state index in [1.54, 1.807) is 30.1 Å². The molecule has 0 saturated carbocycles. The quantitative estimate of drug-likeness (QED) is 0.314. The van der Waals surface area contributed by atoms with Crippen molar-refractivity contribution in [3.05, 3.63) is 87.3 Å². The maximum absolute atomic E-state index is 14.7. The van der Waals surface area contributed by atoms with E-state index in [1.807, 2.05) is 81.1 Å². The molecule has 3 amide bonds. The van der Waals surface area contributed by atoms with E-state index in [0.29, 0.717) is 72.5 Å². The summed E-state index contributed by atoms with van der Waals surface area (Å²) >= 11 is 12.6. The third-order valence-electron chi connectivity index (χ3n) is 8.14. The highest BCUT2D eigenvalue weighted by molar-refractivity contribution is 6.30. The fraction of sp³-hybridized carbons (Fsp3) is 0.441. The summed E-state index contributed by atoms with van der Waals surface area (Å²) in [5.74, 6) is 1.46. The maximum Gasteiger partial charge on any atom is 0.326 e. The molecule has 46 heavy (non-hydrogen) atoms. The highest BCUT2D eigenvalue weighted by Crippen LogP contribution is 2.45. The molecular weight excluding hydrogens is 625 g/mol. The van der Waals surface area contributed by atoms with Crippen molar-refractivity contribution in [2.24, 2.45) is 4.99 Å². The van der Waals surface area contributed by atoms with Gasteiger partial charge in [-0.3, -0.25) is 19.6 Å². The van der Waals surface area contributed by atoms with Crippen molar-refractivity contribution in [1.82, 2.24) is 29.6 Å². The van der Waals surface area contributed by atoms with E-state index < -0.39 is 12.1 Å². The van der Waals surface area contributed by atoms with Crippen molar-refractivity contribution in [1.29, 1.82) is 0 Å². The molecule has 244 valence electrons. The number of amidine groups is 1. The van der Waals surface area contributed by atoms with Gasteiger partial charge in [-0.25, -0.2) is 9.78 Å². The Balaban J connectivity index is 1.60. The first-order valence-electron chi connectivity index (χ1n) is 15.5. The van der Waals surface area contributed by atoms with Crippen LogP contribution in [0.5, 0.6) is 5.88 Å². The Morgan fingerprint density at radius 1 is 0.935 bits per heavy atom. The monoisotopic (exact) mass is 665 g/mol. The van der Waals surface area contributed by atoms with Crippen LogP contribution in [0.4, 0.5) is 4.79 Å². The maximum atomic E-state index is 14.7. The van der Waals surface area contributed by atoms with Crippen molar-refractivity contribution in [2.45, 2.75) is 45.2 Å². The van der Waals surface area contributed by atoms with Gasteiger partial charge in [-0.05, 0) is 42.3 Å². The number of amides is 3. The van der Waals surface area contributed by atoms with Crippen molar-refractivity contribution in [3.63, 3.8) is 0 Å². The second kappa shape index (κ2) is 13.9. The van der Waals surface area contributed by atoms with Gasteiger partial charge in [0.25, 0.3) is 0 Å². The number of urea groups is 1. The van der Waals surface area contributed by atoms with Crippen LogP contribution in [0.25, 0.3) is 0 Å². The number of benzene rings is 2. The number of likely N-dealkylation sites (N-methyl/N-ethyl adjacent to an activating group) is 1. The lowest BCUT2D eigenvalue weighted by molar-refractivity contribution is -0.130. The Morgan fingerprint density at radius 2 is 1.52 bits per heavy atom. The van der Waals surface area contributed by atoms with Crippen LogP contribution in [0.15, 0.2) is 59.7 Å². The summed E-state index contributed by atoms with van der Waals surface area (Å²) in [7, 11) is 3.50. The van der Waals surface area contributed by atoms with Crippen LogP contribution in [-0.4, -0.2) is 101 Å². The van der Waals surface area contributed by atoms with Gasteiger partial charge in [-0.1, -0.05) is 68.2 Å². The average molecular weight is 667 g/mol. The Morgan fingerprint density at radius 3 is 2.07 bits per heavy atom. The molecule has 2 aliphatic heterocycles. The van der Waals surface area contributed by atoms with Gasteiger partial charge in [-0.2, -0.15) is 4.98 Å². The zero-order chi connectivity index (χ0) is 33.2. The third kappa shape index (κ3) is 7.29. The summed E-state index contributed by atoms with van der Waals surface area (Å²) < 4.78 is 6.08. The number of aromatic nitrogens is 2. The first-order chi connectivity index (χ1) is 21.9. The molecule has 0 bridgehead atoms. The van der Waals surface area contributed by atoms with E-state index in [-0.39, 0.29) is 17.4 Å². The summed E-state index contributed by atoms with van der Waals surface area (Å²) in [6.45, 7) is 10.8. The van der Waals surface area contributed by atoms with Crippen LogP contribution < -0.4 is 4.74 Å². The first-order valence-corrected chi connectivity index (χ1v) is 16.2. The molecule has 10 nitrogen and oxygen atoms in total. The fourth-order valence-electron chi connectivity index (χ4n) is 5.56. The molecule has 0 radical (unpaired) electrons. The summed E-state index contributed by atoms with van der Waals surface area (Å²) in [5, 5.41) is 1.20. The number of hydrogen-bond acceptors (Lipinski definition) is 7. The number of aliphatic imine (C=N–C) groups is 1. The number of hydrogen-bond donors (Lipinski definition) is 0. The molecule has 0 aliphatic carbocycles. The van der Waals surface area contributed by atoms with E-state index in [4.69, 9.17) is 42.9 Å².